The Morgan fingerprint density at radius 2 is 1.85 bits per heavy atom. The zero-order valence-corrected chi connectivity index (χ0v) is 12.6. The molecule has 0 aromatic carbocycles. The number of rotatable bonds is 2. The SMILES string of the molecule is CC1NCCCC1NC(=O)C1CC2CCCC(C1)C2N. The zero-order chi connectivity index (χ0) is 14.1. The molecule has 2 aliphatic carbocycles. The van der Waals surface area contributed by atoms with Crippen LogP contribution in [0.4, 0.5) is 0 Å². The molecule has 0 aromatic rings. The van der Waals surface area contributed by atoms with Gasteiger partial charge >= 0.3 is 0 Å². The van der Waals surface area contributed by atoms with E-state index in [1.165, 1.54) is 19.3 Å². The topological polar surface area (TPSA) is 67.1 Å². The van der Waals surface area contributed by atoms with Crippen molar-refractivity contribution in [3.05, 3.63) is 0 Å². The summed E-state index contributed by atoms with van der Waals surface area (Å²) in [5.74, 6) is 1.66. The van der Waals surface area contributed by atoms with Crippen LogP contribution in [0.2, 0.25) is 0 Å². The molecule has 0 aromatic heterocycles. The molecule has 1 amide bonds. The standard InChI is InChI=1S/C16H29N3O/c1-10-14(6-3-7-18-10)19-16(20)13-8-11-4-2-5-12(9-13)15(11)17/h10-15,18H,2-9,17H2,1H3,(H,19,20). The number of fused-ring (bicyclic) bond motifs is 2. The van der Waals surface area contributed by atoms with Gasteiger partial charge in [0, 0.05) is 24.0 Å². The Kier molecular flexibility index (Phi) is 4.32. The van der Waals surface area contributed by atoms with Gasteiger partial charge in [0.15, 0.2) is 0 Å². The Morgan fingerprint density at radius 1 is 1.15 bits per heavy atom. The normalized spacial score (nSPS) is 44.9. The average Bonchev–Trinajstić information content (AvgIpc) is 2.41. The molecule has 4 atom stereocenters. The Hall–Kier alpha value is -0.610. The van der Waals surface area contributed by atoms with Gasteiger partial charge in [-0.3, -0.25) is 4.79 Å². The van der Waals surface area contributed by atoms with Gasteiger partial charge in [0.05, 0.1) is 0 Å². The summed E-state index contributed by atoms with van der Waals surface area (Å²) < 4.78 is 0. The Labute approximate surface area is 122 Å². The molecular weight excluding hydrogens is 250 g/mol. The van der Waals surface area contributed by atoms with Crippen LogP contribution in [0.25, 0.3) is 0 Å². The molecule has 4 N–H and O–H groups in total. The van der Waals surface area contributed by atoms with E-state index < -0.39 is 0 Å². The molecule has 0 spiro atoms. The zero-order valence-electron chi connectivity index (χ0n) is 12.6. The Bertz CT molecular complexity index is 346. The van der Waals surface area contributed by atoms with Gasteiger partial charge in [0.2, 0.25) is 5.91 Å². The molecule has 1 saturated heterocycles. The van der Waals surface area contributed by atoms with Gasteiger partial charge in [-0.05, 0) is 63.8 Å². The van der Waals surface area contributed by atoms with E-state index in [1.54, 1.807) is 0 Å². The molecule has 114 valence electrons. The second-order valence-electron chi connectivity index (χ2n) is 7.20. The largest absolute Gasteiger partial charge is 0.352 e. The van der Waals surface area contributed by atoms with Crippen molar-refractivity contribution in [1.82, 2.24) is 10.6 Å². The van der Waals surface area contributed by atoms with E-state index in [9.17, 15) is 4.79 Å². The van der Waals surface area contributed by atoms with Gasteiger partial charge in [-0.15, -0.1) is 0 Å². The van der Waals surface area contributed by atoms with Crippen LogP contribution in [0, 0.1) is 17.8 Å². The molecular formula is C16H29N3O. The maximum atomic E-state index is 12.6. The third-order valence-corrected chi connectivity index (χ3v) is 5.87. The highest BCUT2D eigenvalue weighted by molar-refractivity contribution is 5.79. The van der Waals surface area contributed by atoms with Crippen molar-refractivity contribution < 1.29 is 4.79 Å². The Morgan fingerprint density at radius 3 is 2.50 bits per heavy atom. The molecule has 3 fully saturated rings. The van der Waals surface area contributed by atoms with Crippen molar-refractivity contribution in [2.45, 2.75) is 70.0 Å². The van der Waals surface area contributed by atoms with Crippen LogP contribution in [0.1, 0.15) is 51.9 Å². The highest BCUT2D eigenvalue weighted by atomic mass is 16.2. The van der Waals surface area contributed by atoms with E-state index in [0.717, 1.165) is 32.2 Å². The van der Waals surface area contributed by atoms with Crippen molar-refractivity contribution >= 4 is 5.91 Å². The lowest BCUT2D eigenvalue weighted by Crippen LogP contribution is -2.55. The maximum Gasteiger partial charge on any atom is 0.223 e. The van der Waals surface area contributed by atoms with E-state index in [4.69, 9.17) is 5.73 Å². The molecule has 4 unspecified atom stereocenters. The highest BCUT2D eigenvalue weighted by Crippen LogP contribution is 2.41. The third kappa shape index (κ3) is 2.86. The second-order valence-corrected chi connectivity index (χ2v) is 7.20. The van der Waals surface area contributed by atoms with E-state index in [-0.39, 0.29) is 11.8 Å². The first-order valence-electron chi connectivity index (χ1n) is 8.44. The number of hydrogen-bond acceptors (Lipinski definition) is 3. The van der Waals surface area contributed by atoms with Gasteiger partial charge in [-0.2, -0.15) is 0 Å². The molecule has 3 rings (SSSR count). The van der Waals surface area contributed by atoms with Gasteiger partial charge in [-0.25, -0.2) is 0 Å². The summed E-state index contributed by atoms with van der Waals surface area (Å²) >= 11 is 0. The fraction of sp³-hybridized carbons (Fsp3) is 0.938. The van der Waals surface area contributed by atoms with Crippen molar-refractivity contribution in [2.24, 2.45) is 23.5 Å². The predicted molar refractivity (Wildman–Crippen MR) is 80.2 cm³/mol. The van der Waals surface area contributed by atoms with Gasteiger partial charge < -0.3 is 16.4 Å². The maximum absolute atomic E-state index is 12.6. The summed E-state index contributed by atoms with van der Waals surface area (Å²) in [6, 6.07) is 1.06. The summed E-state index contributed by atoms with van der Waals surface area (Å²) in [5, 5.41) is 6.75. The first-order valence-corrected chi connectivity index (χ1v) is 8.44. The van der Waals surface area contributed by atoms with Gasteiger partial charge in [0.25, 0.3) is 0 Å². The van der Waals surface area contributed by atoms with Crippen molar-refractivity contribution in [3.63, 3.8) is 0 Å². The fourth-order valence-electron chi connectivity index (χ4n) is 4.54. The number of carbonyl (C=O) groups excluding carboxylic acids is 1. The summed E-state index contributed by atoms with van der Waals surface area (Å²) in [7, 11) is 0. The Balaban J connectivity index is 1.57. The molecule has 0 radical (unpaired) electrons. The summed E-state index contributed by atoms with van der Waals surface area (Å²) in [6.45, 7) is 3.26. The second kappa shape index (κ2) is 6.02. The molecule has 4 heteroatoms. The van der Waals surface area contributed by atoms with E-state index in [0.29, 0.717) is 30.0 Å². The molecule has 1 aliphatic heterocycles. The minimum Gasteiger partial charge on any atom is -0.352 e. The number of piperidine rings is 1. The van der Waals surface area contributed by atoms with Crippen LogP contribution in [0.15, 0.2) is 0 Å². The average molecular weight is 279 g/mol. The molecule has 2 saturated carbocycles. The van der Waals surface area contributed by atoms with E-state index in [1.807, 2.05) is 0 Å². The fourth-order valence-corrected chi connectivity index (χ4v) is 4.54. The number of amides is 1. The molecule has 1 heterocycles. The number of hydrogen-bond donors (Lipinski definition) is 3. The number of nitrogens with two attached hydrogens (primary N) is 1. The van der Waals surface area contributed by atoms with Crippen LogP contribution >= 0.6 is 0 Å². The van der Waals surface area contributed by atoms with E-state index in [2.05, 4.69) is 17.6 Å². The highest BCUT2D eigenvalue weighted by Gasteiger charge is 2.41. The van der Waals surface area contributed by atoms with Crippen LogP contribution in [-0.2, 0) is 4.79 Å². The van der Waals surface area contributed by atoms with Gasteiger partial charge in [0.1, 0.15) is 0 Å². The third-order valence-electron chi connectivity index (χ3n) is 5.87. The first kappa shape index (κ1) is 14.3. The van der Waals surface area contributed by atoms with Crippen LogP contribution in [-0.4, -0.2) is 30.6 Å². The lowest BCUT2D eigenvalue weighted by molar-refractivity contribution is -0.129. The number of nitrogens with one attached hydrogen (secondary N) is 2. The molecule has 3 aliphatic rings. The first-order chi connectivity index (χ1) is 9.65. The van der Waals surface area contributed by atoms with Crippen LogP contribution < -0.4 is 16.4 Å². The van der Waals surface area contributed by atoms with Gasteiger partial charge in [-0.1, -0.05) is 6.42 Å². The quantitative estimate of drug-likeness (QED) is 0.716. The predicted octanol–water partition coefficient (Wildman–Crippen LogP) is 1.40. The van der Waals surface area contributed by atoms with Crippen molar-refractivity contribution in [2.75, 3.05) is 6.54 Å². The molecule has 2 bridgehead atoms. The smallest absolute Gasteiger partial charge is 0.223 e. The number of carbonyl (C=O) groups is 1. The molecule has 4 nitrogen and oxygen atoms in total. The van der Waals surface area contributed by atoms with E-state index >= 15 is 0 Å². The summed E-state index contributed by atoms with van der Waals surface area (Å²) in [4.78, 5) is 12.6. The van der Waals surface area contributed by atoms with Crippen molar-refractivity contribution in [3.8, 4) is 0 Å². The lowest BCUT2D eigenvalue weighted by Gasteiger charge is -2.44. The van der Waals surface area contributed by atoms with Crippen LogP contribution in [0.3, 0.4) is 0 Å². The monoisotopic (exact) mass is 279 g/mol. The minimum atomic E-state index is 0.208. The summed E-state index contributed by atoms with van der Waals surface area (Å²) in [6.07, 6.45) is 8.05. The van der Waals surface area contributed by atoms with Crippen molar-refractivity contribution in [1.29, 1.82) is 0 Å². The summed E-state index contributed by atoms with van der Waals surface area (Å²) in [5.41, 5.74) is 6.31. The lowest BCUT2D eigenvalue weighted by atomic mass is 9.65. The molecule has 20 heavy (non-hydrogen) atoms. The minimum absolute atomic E-state index is 0.208. The van der Waals surface area contributed by atoms with Crippen LogP contribution in [0.5, 0.6) is 0 Å².